The van der Waals surface area contributed by atoms with Crippen molar-refractivity contribution in [1.82, 2.24) is 10.2 Å². The van der Waals surface area contributed by atoms with Crippen molar-refractivity contribution in [3.8, 4) is 0 Å². The lowest BCUT2D eigenvalue weighted by Gasteiger charge is -2.50. The van der Waals surface area contributed by atoms with Gasteiger partial charge < -0.3 is 10.4 Å². The molecular weight excluding hydrogens is 200 g/mol. The highest BCUT2D eigenvalue weighted by Gasteiger charge is 2.37. The van der Waals surface area contributed by atoms with Crippen LogP contribution in [0.3, 0.4) is 0 Å². The lowest BCUT2D eigenvalue weighted by Crippen LogP contribution is -2.65. The Morgan fingerprint density at radius 2 is 1.94 bits per heavy atom. The van der Waals surface area contributed by atoms with Crippen LogP contribution < -0.4 is 5.32 Å². The molecule has 0 spiro atoms. The Bertz CT molecular complexity index is 224. The van der Waals surface area contributed by atoms with E-state index in [9.17, 15) is 5.11 Å². The van der Waals surface area contributed by atoms with Crippen molar-refractivity contribution in [3.63, 3.8) is 0 Å². The van der Waals surface area contributed by atoms with Gasteiger partial charge in [-0.05, 0) is 26.7 Å². The third kappa shape index (κ3) is 2.58. The number of piperazine rings is 1. The van der Waals surface area contributed by atoms with Gasteiger partial charge in [0.25, 0.3) is 0 Å². The molecule has 1 aliphatic heterocycles. The second-order valence-electron chi connectivity index (χ2n) is 6.02. The molecule has 1 heterocycles. The Morgan fingerprint density at radius 1 is 1.25 bits per heavy atom. The largest absolute Gasteiger partial charge is 0.395 e. The number of hydrogen-bond acceptors (Lipinski definition) is 3. The summed E-state index contributed by atoms with van der Waals surface area (Å²) in [7, 11) is 0. The Labute approximate surface area is 99.2 Å². The molecule has 0 amide bonds. The minimum Gasteiger partial charge on any atom is -0.395 e. The van der Waals surface area contributed by atoms with Crippen molar-refractivity contribution in [3.05, 3.63) is 0 Å². The van der Waals surface area contributed by atoms with Gasteiger partial charge in [0.05, 0.1) is 6.61 Å². The van der Waals surface area contributed by atoms with Crippen LogP contribution in [0.4, 0.5) is 0 Å². The summed E-state index contributed by atoms with van der Waals surface area (Å²) in [4.78, 5) is 2.64. The molecule has 0 aromatic heterocycles. The van der Waals surface area contributed by atoms with Gasteiger partial charge in [0.2, 0.25) is 0 Å². The molecule has 2 aliphatic rings. The van der Waals surface area contributed by atoms with Gasteiger partial charge in [-0.3, -0.25) is 4.90 Å². The van der Waals surface area contributed by atoms with Crippen molar-refractivity contribution in [2.75, 3.05) is 19.7 Å². The third-order valence-corrected chi connectivity index (χ3v) is 4.25. The quantitative estimate of drug-likeness (QED) is 0.746. The Hall–Kier alpha value is -0.120. The number of rotatable bonds is 2. The van der Waals surface area contributed by atoms with Crippen LogP contribution in [-0.4, -0.2) is 47.3 Å². The molecule has 1 saturated heterocycles. The van der Waals surface area contributed by atoms with E-state index in [4.69, 9.17) is 0 Å². The average molecular weight is 226 g/mol. The first kappa shape index (κ1) is 12.3. The third-order valence-electron chi connectivity index (χ3n) is 4.25. The number of aliphatic hydroxyl groups excluding tert-OH is 1. The first-order valence-corrected chi connectivity index (χ1v) is 6.74. The molecule has 2 fully saturated rings. The summed E-state index contributed by atoms with van der Waals surface area (Å²) in [5.41, 5.74) is 0.244. The molecular formula is C13H26N2O. The number of aliphatic hydroxyl groups is 1. The SMILES string of the molecule is CC1(C)CNC(CO)CN1C1CCCCC1. The zero-order valence-corrected chi connectivity index (χ0v) is 10.7. The normalized spacial score (nSPS) is 32.8. The summed E-state index contributed by atoms with van der Waals surface area (Å²) in [5, 5.41) is 12.7. The summed E-state index contributed by atoms with van der Waals surface area (Å²) < 4.78 is 0. The predicted octanol–water partition coefficient (Wildman–Crippen LogP) is 1.36. The molecule has 0 aromatic carbocycles. The summed E-state index contributed by atoms with van der Waals surface area (Å²) in [6, 6.07) is 1.02. The van der Waals surface area contributed by atoms with Crippen LogP contribution in [-0.2, 0) is 0 Å². The van der Waals surface area contributed by atoms with Crippen molar-refractivity contribution in [1.29, 1.82) is 0 Å². The molecule has 0 radical (unpaired) electrons. The van der Waals surface area contributed by atoms with Crippen molar-refractivity contribution >= 4 is 0 Å². The molecule has 3 nitrogen and oxygen atoms in total. The van der Waals surface area contributed by atoms with E-state index in [1.807, 2.05) is 0 Å². The van der Waals surface area contributed by atoms with E-state index >= 15 is 0 Å². The highest BCUT2D eigenvalue weighted by Crippen LogP contribution is 2.29. The van der Waals surface area contributed by atoms with Crippen LogP contribution in [0.5, 0.6) is 0 Å². The summed E-state index contributed by atoms with van der Waals surface area (Å²) in [6.45, 7) is 6.91. The van der Waals surface area contributed by atoms with E-state index in [2.05, 4.69) is 24.1 Å². The Morgan fingerprint density at radius 3 is 2.56 bits per heavy atom. The lowest BCUT2D eigenvalue weighted by molar-refractivity contribution is 0.000627. The summed E-state index contributed by atoms with van der Waals surface area (Å²) in [5.74, 6) is 0. The van der Waals surface area contributed by atoms with E-state index in [-0.39, 0.29) is 18.2 Å². The molecule has 1 aliphatic carbocycles. The molecule has 16 heavy (non-hydrogen) atoms. The standard InChI is InChI=1S/C13H26N2O/c1-13(2)10-14-11(9-16)8-15(13)12-6-4-3-5-7-12/h11-12,14,16H,3-10H2,1-2H3. The van der Waals surface area contributed by atoms with Gasteiger partial charge in [0.1, 0.15) is 0 Å². The minimum absolute atomic E-state index is 0.244. The van der Waals surface area contributed by atoms with Crippen molar-refractivity contribution in [2.45, 2.75) is 63.6 Å². The van der Waals surface area contributed by atoms with Gasteiger partial charge in [0.15, 0.2) is 0 Å². The second-order valence-corrected chi connectivity index (χ2v) is 6.02. The van der Waals surface area contributed by atoms with Crippen LogP contribution in [0.25, 0.3) is 0 Å². The maximum atomic E-state index is 9.29. The first-order valence-electron chi connectivity index (χ1n) is 6.74. The molecule has 1 unspecified atom stereocenters. The zero-order chi connectivity index (χ0) is 11.6. The predicted molar refractivity (Wildman–Crippen MR) is 66.5 cm³/mol. The highest BCUT2D eigenvalue weighted by molar-refractivity contribution is 4.96. The first-order chi connectivity index (χ1) is 7.63. The molecule has 2 rings (SSSR count). The van der Waals surface area contributed by atoms with E-state index < -0.39 is 0 Å². The van der Waals surface area contributed by atoms with Crippen LogP contribution in [0, 0.1) is 0 Å². The second kappa shape index (κ2) is 5.03. The van der Waals surface area contributed by atoms with Crippen LogP contribution in [0.1, 0.15) is 46.0 Å². The molecule has 2 N–H and O–H groups in total. The maximum absolute atomic E-state index is 9.29. The molecule has 0 bridgehead atoms. The van der Waals surface area contributed by atoms with E-state index in [1.165, 1.54) is 32.1 Å². The summed E-state index contributed by atoms with van der Waals surface area (Å²) >= 11 is 0. The van der Waals surface area contributed by atoms with Gasteiger partial charge in [-0.2, -0.15) is 0 Å². The number of hydrogen-bond donors (Lipinski definition) is 2. The highest BCUT2D eigenvalue weighted by atomic mass is 16.3. The molecule has 0 aromatic rings. The molecule has 1 saturated carbocycles. The summed E-state index contributed by atoms with van der Waals surface area (Å²) in [6.07, 6.45) is 6.87. The van der Waals surface area contributed by atoms with Gasteiger partial charge in [-0.1, -0.05) is 19.3 Å². The molecule has 94 valence electrons. The van der Waals surface area contributed by atoms with Gasteiger partial charge in [0, 0.05) is 30.7 Å². The monoisotopic (exact) mass is 226 g/mol. The zero-order valence-electron chi connectivity index (χ0n) is 10.7. The van der Waals surface area contributed by atoms with Gasteiger partial charge in [-0.25, -0.2) is 0 Å². The van der Waals surface area contributed by atoms with Crippen molar-refractivity contribution < 1.29 is 5.11 Å². The van der Waals surface area contributed by atoms with E-state index in [0.29, 0.717) is 0 Å². The fraction of sp³-hybridized carbons (Fsp3) is 1.00. The van der Waals surface area contributed by atoms with Crippen LogP contribution in [0.15, 0.2) is 0 Å². The Kier molecular flexibility index (Phi) is 3.88. The molecule has 1 atom stereocenters. The van der Waals surface area contributed by atoms with Crippen molar-refractivity contribution in [2.24, 2.45) is 0 Å². The Balaban J connectivity index is 2.02. The van der Waals surface area contributed by atoms with Gasteiger partial charge in [-0.15, -0.1) is 0 Å². The van der Waals surface area contributed by atoms with E-state index in [1.54, 1.807) is 0 Å². The maximum Gasteiger partial charge on any atom is 0.0597 e. The fourth-order valence-corrected chi connectivity index (χ4v) is 3.20. The lowest BCUT2D eigenvalue weighted by atomic mass is 9.88. The minimum atomic E-state index is 0.244. The van der Waals surface area contributed by atoms with E-state index in [0.717, 1.165) is 19.1 Å². The van der Waals surface area contributed by atoms with Crippen LogP contribution >= 0.6 is 0 Å². The van der Waals surface area contributed by atoms with Gasteiger partial charge >= 0.3 is 0 Å². The average Bonchev–Trinajstić information content (AvgIpc) is 2.30. The number of nitrogens with zero attached hydrogens (tertiary/aromatic N) is 1. The fourth-order valence-electron chi connectivity index (χ4n) is 3.20. The van der Waals surface area contributed by atoms with Crippen LogP contribution in [0.2, 0.25) is 0 Å². The topological polar surface area (TPSA) is 35.5 Å². The molecule has 3 heteroatoms. The number of nitrogens with one attached hydrogen (secondary N) is 1. The smallest absolute Gasteiger partial charge is 0.0597 e.